The number of nitrogens with zero attached hydrogens (tertiary/aromatic N) is 1. The van der Waals surface area contributed by atoms with Gasteiger partial charge in [0.15, 0.2) is 0 Å². The molecule has 0 spiro atoms. The molecular formula is C35H43NO9. The fraction of sp³-hybridized carbons (Fsp3) is 0.429. The molecule has 1 N–H and O–H groups in total. The molecule has 1 heterocycles. The summed E-state index contributed by atoms with van der Waals surface area (Å²) < 4.78 is 33.9. The van der Waals surface area contributed by atoms with Crippen molar-refractivity contribution in [1.82, 2.24) is 4.90 Å². The van der Waals surface area contributed by atoms with E-state index >= 15 is 0 Å². The number of methoxy groups -OCH3 is 2. The predicted molar refractivity (Wildman–Crippen MR) is 168 cm³/mol. The van der Waals surface area contributed by atoms with E-state index < -0.39 is 6.09 Å². The highest BCUT2D eigenvalue weighted by molar-refractivity contribution is 5.69. The molecule has 0 radical (unpaired) electrons. The molecule has 0 bridgehead atoms. The Hall–Kier alpha value is -4.28. The first kappa shape index (κ1) is 33.6. The van der Waals surface area contributed by atoms with Crippen molar-refractivity contribution in [3.05, 3.63) is 89.0 Å². The highest BCUT2D eigenvalue weighted by atomic mass is 16.5. The number of carboxylic acid groups (broad SMARTS) is 1. The molecule has 2 atom stereocenters. The molecule has 1 amide bonds. The van der Waals surface area contributed by atoms with E-state index in [9.17, 15) is 14.7 Å². The molecule has 0 aromatic heterocycles. The number of carbonyl (C=O) groups excluding carboxylic acids is 1. The summed E-state index contributed by atoms with van der Waals surface area (Å²) in [5, 5.41) is 9.65. The van der Waals surface area contributed by atoms with Gasteiger partial charge in [-0.2, -0.15) is 0 Å². The van der Waals surface area contributed by atoms with E-state index in [0.29, 0.717) is 45.1 Å². The number of hydrogen-bond donors (Lipinski definition) is 1. The zero-order chi connectivity index (χ0) is 32.0. The molecule has 3 aromatic carbocycles. The summed E-state index contributed by atoms with van der Waals surface area (Å²) in [6.07, 6.45) is 0.281. The summed E-state index contributed by atoms with van der Waals surface area (Å²) >= 11 is 0. The van der Waals surface area contributed by atoms with E-state index in [2.05, 4.69) is 4.74 Å². The van der Waals surface area contributed by atoms with Gasteiger partial charge in [-0.05, 0) is 54.3 Å². The molecule has 3 aromatic rings. The SMILES string of the molecule is COC(=O)CCOc1cc(COC2CN(C(=O)O)CCC2c2ccc(OCCCOCc3ccccc3OC)cc2)ccc1C. The second kappa shape index (κ2) is 17.3. The Morgan fingerprint density at radius 2 is 1.71 bits per heavy atom. The van der Waals surface area contributed by atoms with E-state index in [4.69, 9.17) is 23.7 Å². The molecular weight excluding hydrogens is 578 g/mol. The van der Waals surface area contributed by atoms with E-state index in [-0.39, 0.29) is 37.6 Å². The van der Waals surface area contributed by atoms with Crippen LogP contribution >= 0.6 is 0 Å². The van der Waals surface area contributed by atoms with Crippen LogP contribution < -0.4 is 14.2 Å². The van der Waals surface area contributed by atoms with Crippen molar-refractivity contribution < 1.29 is 43.1 Å². The van der Waals surface area contributed by atoms with Crippen LogP contribution in [0, 0.1) is 6.92 Å². The average Bonchev–Trinajstić information content (AvgIpc) is 3.06. The van der Waals surface area contributed by atoms with Crippen LogP contribution in [0.25, 0.3) is 0 Å². The van der Waals surface area contributed by atoms with Gasteiger partial charge in [0, 0.05) is 24.4 Å². The lowest BCUT2D eigenvalue weighted by Crippen LogP contribution is -2.46. The summed E-state index contributed by atoms with van der Waals surface area (Å²) in [6.45, 7) is 4.74. The first-order valence-corrected chi connectivity index (χ1v) is 15.2. The number of carbonyl (C=O) groups is 2. The Kier molecular flexibility index (Phi) is 12.9. The van der Waals surface area contributed by atoms with E-state index in [1.54, 1.807) is 7.11 Å². The van der Waals surface area contributed by atoms with Crippen LogP contribution in [0.2, 0.25) is 0 Å². The van der Waals surface area contributed by atoms with E-state index in [1.165, 1.54) is 12.0 Å². The Labute approximate surface area is 264 Å². The van der Waals surface area contributed by atoms with Gasteiger partial charge < -0.3 is 38.4 Å². The molecule has 1 aliphatic heterocycles. The van der Waals surface area contributed by atoms with Crippen molar-refractivity contribution in [3.63, 3.8) is 0 Å². The molecule has 0 aliphatic carbocycles. The summed E-state index contributed by atoms with van der Waals surface area (Å²) in [5.74, 6) is 1.95. The van der Waals surface area contributed by atoms with Gasteiger partial charge in [-0.3, -0.25) is 4.79 Å². The lowest BCUT2D eigenvalue weighted by atomic mass is 9.87. The highest BCUT2D eigenvalue weighted by Crippen LogP contribution is 2.33. The number of aryl methyl sites for hydroxylation is 1. The maximum absolute atomic E-state index is 11.8. The first-order chi connectivity index (χ1) is 21.9. The number of amides is 1. The van der Waals surface area contributed by atoms with Crippen molar-refractivity contribution >= 4 is 12.1 Å². The van der Waals surface area contributed by atoms with Gasteiger partial charge in [-0.15, -0.1) is 0 Å². The van der Waals surface area contributed by atoms with Crippen LogP contribution in [0.5, 0.6) is 17.2 Å². The van der Waals surface area contributed by atoms with Gasteiger partial charge in [-0.25, -0.2) is 4.79 Å². The number of hydrogen-bond acceptors (Lipinski definition) is 8. The number of benzene rings is 3. The number of likely N-dealkylation sites (tertiary alicyclic amines) is 1. The molecule has 10 heteroatoms. The van der Waals surface area contributed by atoms with Crippen molar-refractivity contribution in [2.75, 3.05) is 47.1 Å². The summed E-state index contributed by atoms with van der Waals surface area (Å²) in [5.41, 5.74) is 3.93. The van der Waals surface area contributed by atoms with Crippen molar-refractivity contribution in [2.45, 2.75) is 51.4 Å². The lowest BCUT2D eigenvalue weighted by Gasteiger charge is -2.37. The quantitative estimate of drug-likeness (QED) is 0.152. The third-order valence-electron chi connectivity index (χ3n) is 7.80. The monoisotopic (exact) mass is 621 g/mol. The molecule has 2 unspecified atom stereocenters. The molecule has 45 heavy (non-hydrogen) atoms. The minimum absolute atomic E-state index is 0.0271. The third-order valence-corrected chi connectivity index (χ3v) is 7.80. The first-order valence-electron chi connectivity index (χ1n) is 15.2. The number of ether oxygens (including phenoxy) is 6. The second-order valence-electron chi connectivity index (χ2n) is 10.9. The number of piperidine rings is 1. The van der Waals surface area contributed by atoms with E-state index in [0.717, 1.165) is 40.2 Å². The number of para-hydroxylation sites is 1. The summed E-state index contributed by atoms with van der Waals surface area (Å²) in [4.78, 5) is 24.6. The zero-order valence-electron chi connectivity index (χ0n) is 26.2. The Morgan fingerprint density at radius 3 is 2.47 bits per heavy atom. The molecule has 1 aliphatic rings. The van der Waals surface area contributed by atoms with Gasteiger partial charge in [0.05, 0.1) is 66.3 Å². The molecule has 1 saturated heterocycles. The number of esters is 1. The Bertz CT molecular complexity index is 1380. The fourth-order valence-corrected chi connectivity index (χ4v) is 5.25. The van der Waals surface area contributed by atoms with Crippen LogP contribution in [0.15, 0.2) is 66.7 Å². The lowest BCUT2D eigenvalue weighted by molar-refractivity contribution is -0.141. The highest BCUT2D eigenvalue weighted by Gasteiger charge is 2.33. The minimum atomic E-state index is -0.950. The zero-order valence-corrected chi connectivity index (χ0v) is 26.2. The van der Waals surface area contributed by atoms with Gasteiger partial charge in [0.1, 0.15) is 17.2 Å². The fourth-order valence-electron chi connectivity index (χ4n) is 5.25. The normalized spacial score (nSPS) is 16.2. The summed E-state index contributed by atoms with van der Waals surface area (Å²) in [6, 6.07) is 21.6. The van der Waals surface area contributed by atoms with Crippen LogP contribution in [-0.4, -0.2) is 75.3 Å². The number of rotatable bonds is 16. The van der Waals surface area contributed by atoms with Gasteiger partial charge in [-0.1, -0.05) is 42.5 Å². The second-order valence-corrected chi connectivity index (χ2v) is 10.9. The predicted octanol–water partition coefficient (Wildman–Crippen LogP) is 5.98. The third kappa shape index (κ3) is 10.1. The smallest absolute Gasteiger partial charge is 0.407 e. The molecule has 1 fully saturated rings. The maximum atomic E-state index is 11.8. The van der Waals surface area contributed by atoms with Gasteiger partial charge >= 0.3 is 12.1 Å². The molecule has 10 nitrogen and oxygen atoms in total. The van der Waals surface area contributed by atoms with Gasteiger partial charge in [0.25, 0.3) is 0 Å². The molecule has 242 valence electrons. The van der Waals surface area contributed by atoms with Crippen molar-refractivity contribution in [1.29, 1.82) is 0 Å². The Morgan fingerprint density at radius 1 is 0.911 bits per heavy atom. The van der Waals surface area contributed by atoms with Crippen LogP contribution in [0.3, 0.4) is 0 Å². The Balaban J connectivity index is 1.29. The molecule has 4 rings (SSSR count). The van der Waals surface area contributed by atoms with E-state index in [1.807, 2.05) is 73.7 Å². The molecule has 0 saturated carbocycles. The topological polar surface area (TPSA) is 113 Å². The van der Waals surface area contributed by atoms with Crippen molar-refractivity contribution in [2.24, 2.45) is 0 Å². The van der Waals surface area contributed by atoms with Crippen molar-refractivity contribution in [3.8, 4) is 17.2 Å². The van der Waals surface area contributed by atoms with Crippen LogP contribution in [-0.2, 0) is 32.2 Å². The largest absolute Gasteiger partial charge is 0.496 e. The minimum Gasteiger partial charge on any atom is -0.496 e. The standard InChI is InChI=1S/C35H43NO9/c1-25-9-10-26(21-32(25)44-20-16-34(37)41-3)23-45-33-22-36(35(38)39)17-15-30(33)27-11-13-29(14-12-27)43-19-6-18-42-24-28-7-4-5-8-31(28)40-2/h4-5,7-14,21,30,33H,6,15-20,22-24H2,1-3H3,(H,38,39). The average molecular weight is 622 g/mol. The summed E-state index contributed by atoms with van der Waals surface area (Å²) in [7, 11) is 3.00. The maximum Gasteiger partial charge on any atom is 0.407 e. The van der Waals surface area contributed by atoms with Crippen LogP contribution in [0.1, 0.15) is 47.4 Å². The van der Waals surface area contributed by atoms with Gasteiger partial charge in [0.2, 0.25) is 0 Å². The van der Waals surface area contributed by atoms with Crippen LogP contribution in [0.4, 0.5) is 4.79 Å².